The number of nitrogens with zero attached hydrogens (tertiary/aromatic N) is 2. The molecule has 2 aromatic carbocycles. The van der Waals surface area contributed by atoms with Crippen molar-refractivity contribution in [1.82, 2.24) is 20.2 Å². The van der Waals surface area contributed by atoms with Crippen molar-refractivity contribution in [1.29, 1.82) is 0 Å². The minimum atomic E-state index is -4.53. The molecule has 1 aliphatic carbocycles. The quantitative estimate of drug-likeness (QED) is 0.321. The number of halogens is 4. The molecule has 2 heterocycles. The van der Waals surface area contributed by atoms with Crippen molar-refractivity contribution >= 4 is 22.5 Å². The Bertz CT molecular complexity index is 1330. The summed E-state index contributed by atoms with van der Waals surface area (Å²) in [5, 5.41) is 10.2. The van der Waals surface area contributed by atoms with Crippen LogP contribution in [0.15, 0.2) is 60.7 Å². The molecule has 0 radical (unpaired) electrons. The monoisotopic (exact) mass is 411 g/mol. The van der Waals surface area contributed by atoms with Crippen LogP contribution in [-0.4, -0.2) is 20.2 Å². The van der Waals surface area contributed by atoms with Gasteiger partial charge < -0.3 is 10.3 Å². The summed E-state index contributed by atoms with van der Waals surface area (Å²) in [5.41, 5.74) is 0.622. The summed E-state index contributed by atoms with van der Waals surface area (Å²) in [5.74, 6) is 0.218. The van der Waals surface area contributed by atoms with E-state index >= 15 is 0 Å². The van der Waals surface area contributed by atoms with Crippen LogP contribution in [0.2, 0.25) is 0 Å². The van der Waals surface area contributed by atoms with Gasteiger partial charge in [-0.3, -0.25) is 5.10 Å². The Morgan fingerprint density at radius 2 is 1.60 bits per heavy atom. The van der Waals surface area contributed by atoms with Crippen LogP contribution in [0, 0.1) is 5.82 Å². The summed E-state index contributed by atoms with van der Waals surface area (Å²) in [6.45, 7) is 0. The van der Waals surface area contributed by atoms with E-state index < -0.39 is 17.6 Å². The second-order valence-corrected chi connectivity index (χ2v) is 6.69. The van der Waals surface area contributed by atoms with E-state index in [-0.39, 0.29) is 16.9 Å². The average molecular weight is 411 g/mol. The molecule has 0 fully saturated rings. The number of aromatic amines is 2. The van der Waals surface area contributed by atoms with Gasteiger partial charge in [0.2, 0.25) is 0 Å². The van der Waals surface area contributed by atoms with Crippen LogP contribution in [0.4, 0.5) is 29.2 Å². The number of benzene rings is 2. The van der Waals surface area contributed by atoms with Crippen molar-refractivity contribution in [3.05, 3.63) is 72.0 Å². The highest BCUT2D eigenvalue weighted by Gasteiger charge is 2.34. The van der Waals surface area contributed by atoms with E-state index in [1.807, 2.05) is 0 Å². The van der Waals surface area contributed by atoms with Crippen molar-refractivity contribution in [2.45, 2.75) is 6.18 Å². The number of H-pyrrole nitrogens is 2. The molecule has 0 saturated heterocycles. The lowest BCUT2D eigenvalue weighted by Gasteiger charge is -2.16. The maximum absolute atomic E-state index is 14.0. The lowest BCUT2D eigenvalue weighted by molar-refractivity contribution is -0.137. The van der Waals surface area contributed by atoms with Gasteiger partial charge in [-0.05, 0) is 30.3 Å². The zero-order chi connectivity index (χ0) is 20.9. The zero-order valence-corrected chi connectivity index (χ0v) is 15.2. The molecule has 0 atom stereocenters. The van der Waals surface area contributed by atoms with Gasteiger partial charge in [0.25, 0.3) is 0 Å². The molecule has 0 bridgehead atoms. The van der Waals surface area contributed by atoms with Gasteiger partial charge in [-0.1, -0.05) is 30.3 Å². The molecule has 9 heteroatoms. The second-order valence-electron chi connectivity index (χ2n) is 6.69. The van der Waals surface area contributed by atoms with E-state index in [4.69, 9.17) is 0 Å². The van der Waals surface area contributed by atoms with Crippen LogP contribution in [0.1, 0.15) is 5.56 Å². The van der Waals surface area contributed by atoms with Gasteiger partial charge >= 0.3 is 6.18 Å². The molecule has 1 aromatic heterocycles. The number of nitrogens with one attached hydrogen (secondary N) is 3. The number of hydrogen-bond donors (Lipinski definition) is 3. The SMILES string of the molecule is Fc1cccc2c(Nc3nc(-c4ccccc4C(F)(F)F)[nH]c4cccc3-4)n[nH]c12. The maximum Gasteiger partial charge on any atom is 0.417 e. The van der Waals surface area contributed by atoms with Crippen LogP contribution in [0.3, 0.4) is 0 Å². The van der Waals surface area contributed by atoms with Crippen molar-refractivity contribution < 1.29 is 17.6 Å². The number of fused-ring (bicyclic) bond motifs is 2. The van der Waals surface area contributed by atoms with Gasteiger partial charge in [-0.2, -0.15) is 18.3 Å². The molecule has 150 valence electrons. The van der Waals surface area contributed by atoms with Crippen LogP contribution >= 0.6 is 0 Å². The lowest BCUT2D eigenvalue weighted by atomic mass is 10.1. The summed E-state index contributed by atoms with van der Waals surface area (Å²) in [6, 6.07) is 15.0. The van der Waals surface area contributed by atoms with Gasteiger partial charge in [-0.15, -0.1) is 0 Å². The Morgan fingerprint density at radius 3 is 2.43 bits per heavy atom. The molecule has 3 aromatic rings. The third kappa shape index (κ3) is 2.95. The van der Waals surface area contributed by atoms with Crippen molar-refractivity contribution in [2.24, 2.45) is 0 Å². The van der Waals surface area contributed by atoms with E-state index in [0.717, 1.165) is 6.07 Å². The molecule has 0 amide bonds. The lowest BCUT2D eigenvalue weighted by Crippen LogP contribution is -2.09. The highest BCUT2D eigenvalue weighted by molar-refractivity contribution is 5.93. The van der Waals surface area contributed by atoms with E-state index in [2.05, 4.69) is 25.5 Å². The molecule has 2 aliphatic rings. The standard InChI is InChI=1S/C21H13F4N5/c22-15-9-3-7-13-17(15)29-30-20(13)28-19-12-6-4-10-16(12)26-18(27-19)11-5-1-2-8-14(11)21(23,24)25/h1-10H,(H,26,27)(H2,28,29,30). The van der Waals surface area contributed by atoms with Crippen molar-refractivity contribution in [2.75, 3.05) is 5.32 Å². The topological polar surface area (TPSA) is 69.4 Å². The first-order chi connectivity index (χ1) is 14.4. The fourth-order valence-electron chi connectivity index (χ4n) is 3.44. The second kappa shape index (κ2) is 6.58. The highest BCUT2D eigenvalue weighted by Crippen LogP contribution is 2.39. The molecular formula is C21H13F4N5. The number of para-hydroxylation sites is 1. The molecule has 1 aliphatic heterocycles. The van der Waals surface area contributed by atoms with Gasteiger partial charge in [0, 0.05) is 16.5 Å². The van der Waals surface area contributed by atoms with Crippen LogP contribution < -0.4 is 5.32 Å². The summed E-state index contributed by atoms with van der Waals surface area (Å²) in [7, 11) is 0. The van der Waals surface area contributed by atoms with Gasteiger partial charge in [0.05, 0.1) is 11.3 Å². The molecule has 0 saturated carbocycles. The first-order valence-corrected chi connectivity index (χ1v) is 8.97. The summed E-state index contributed by atoms with van der Waals surface area (Å²) >= 11 is 0. The number of alkyl halides is 3. The smallest absolute Gasteiger partial charge is 0.339 e. The Hall–Kier alpha value is -3.88. The summed E-state index contributed by atoms with van der Waals surface area (Å²) < 4.78 is 54.5. The third-order valence-corrected chi connectivity index (χ3v) is 4.82. The van der Waals surface area contributed by atoms with Crippen LogP contribution in [0.25, 0.3) is 33.5 Å². The van der Waals surface area contributed by atoms with Gasteiger partial charge in [0.15, 0.2) is 5.82 Å². The molecular weight excluding hydrogens is 398 g/mol. The Balaban J connectivity index is 1.66. The van der Waals surface area contributed by atoms with E-state index in [0.29, 0.717) is 28.3 Å². The van der Waals surface area contributed by atoms with Crippen molar-refractivity contribution in [3.8, 4) is 22.6 Å². The van der Waals surface area contributed by atoms with E-state index in [1.165, 1.54) is 24.3 Å². The fraction of sp³-hybridized carbons (Fsp3) is 0.0476. The van der Waals surface area contributed by atoms with Crippen LogP contribution in [0.5, 0.6) is 0 Å². The first kappa shape index (κ1) is 18.2. The number of anilines is 2. The average Bonchev–Trinajstić information content (AvgIpc) is 3.35. The Kier molecular flexibility index (Phi) is 3.99. The Labute approximate surface area is 167 Å². The summed E-state index contributed by atoms with van der Waals surface area (Å²) in [4.78, 5) is 7.37. The zero-order valence-electron chi connectivity index (χ0n) is 15.2. The minimum absolute atomic E-state index is 0.0511. The largest absolute Gasteiger partial charge is 0.417 e. The predicted octanol–water partition coefficient (Wildman–Crippen LogP) is 5.96. The molecule has 0 unspecified atom stereocenters. The van der Waals surface area contributed by atoms with Crippen molar-refractivity contribution in [3.63, 3.8) is 0 Å². The van der Waals surface area contributed by atoms with E-state index in [9.17, 15) is 17.6 Å². The molecule has 5 rings (SSSR count). The Morgan fingerprint density at radius 1 is 0.833 bits per heavy atom. The molecule has 0 spiro atoms. The molecule has 3 N–H and O–H groups in total. The van der Waals surface area contributed by atoms with Gasteiger partial charge in [-0.25, -0.2) is 9.37 Å². The normalized spacial score (nSPS) is 12.0. The summed E-state index contributed by atoms with van der Waals surface area (Å²) in [6.07, 6.45) is -4.53. The van der Waals surface area contributed by atoms with Crippen LogP contribution in [-0.2, 0) is 6.18 Å². The minimum Gasteiger partial charge on any atom is -0.339 e. The fourth-order valence-corrected chi connectivity index (χ4v) is 3.44. The number of hydrogen-bond acceptors (Lipinski definition) is 3. The highest BCUT2D eigenvalue weighted by atomic mass is 19.4. The molecule has 5 nitrogen and oxygen atoms in total. The predicted molar refractivity (Wildman–Crippen MR) is 105 cm³/mol. The number of aromatic nitrogens is 4. The first-order valence-electron chi connectivity index (χ1n) is 8.97. The van der Waals surface area contributed by atoms with Gasteiger partial charge in [0.1, 0.15) is 23.0 Å². The van der Waals surface area contributed by atoms with E-state index in [1.54, 1.807) is 30.3 Å². The maximum atomic E-state index is 14.0. The third-order valence-electron chi connectivity index (χ3n) is 4.82. The molecule has 30 heavy (non-hydrogen) atoms. The number of rotatable bonds is 3.